The van der Waals surface area contributed by atoms with Crippen molar-refractivity contribution in [2.75, 3.05) is 13.1 Å². The Morgan fingerprint density at radius 3 is 2.43 bits per heavy atom. The van der Waals surface area contributed by atoms with Crippen LogP contribution in [0.25, 0.3) is 0 Å². The number of ether oxygens (including phenoxy) is 1. The molecule has 1 aromatic carbocycles. The molecule has 2 atom stereocenters. The number of nitrogens with zero attached hydrogens (tertiary/aromatic N) is 2. The van der Waals surface area contributed by atoms with Gasteiger partial charge < -0.3 is 20.6 Å². The maximum atomic E-state index is 12.3. The largest absolute Gasteiger partial charge is 0.409 e. The average Bonchev–Trinajstić information content (AvgIpc) is 2.46. The molecule has 2 rings (SSSR count). The van der Waals surface area contributed by atoms with Crippen molar-refractivity contribution in [2.45, 2.75) is 32.5 Å². The van der Waals surface area contributed by atoms with Crippen molar-refractivity contribution in [3.05, 3.63) is 35.4 Å². The van der Waals surface area contributed by atoms with Crippen LogP contribution in [0.5, 0.6) is 0 Å². The molecule has 2 unspecified atom stereocenters. The molecule has 0 spiro atoms. The number of nitrogens with two attached hydrogens (primary N) is 1. The Hall–Kier alpha value is -2.08. The van der Waals surface area contributed by atoms with Crippen LogP contribution in [-0.2, 0) is 16.0 Å². The number of amidine groups is 1. The molecule has 0 saturated carbocycles. The molecule has 3 N–H and O–H groups in total. The Morgan fingerprint density at radius 1 is 1.33 bits per heavy atom. The Morgan fingerprint density at radius 2 is 1.90 bits per heavy atom. The fourth-order valence-corrected chi connectivity index (χ4v) is 2.52. The van der Waals surface area contributed by atoms with E-state index in [1.54, 1.807) is 12.1 Å². The molecule has 114 valence electrons. The molecule has 1 amide bonds. The van der Waals surface area contributed by atoms with E-state index in [9.17, 15) is 4.79 Å². The van der Waals surface area contributed by atoms with Crippen LogP contribution in [0, 0.1) is 0 Å². The molecular weight excluding hydrogens is 270 g/mol. The van der Waals surface area contributed by atoms with E-state index < -0.39 is 0 Å². The number of morpholine rings is 1. The minimum Gasteiger partial charge on any atom is -0.409 e. The minimum absolute atomic E-state index is 0.0590. The molecule has 1 saturated heterocycles. The van der Waals surface area contributed by atoms with Gasteiger partial charge in [-0.3, -0.25) is 4.79 Å². The number of hydrogen-bond acceptors (Lipinski definition) is 4. The zero-order valence-corrected chi connectivity index (χ0v) is 12.3. The highest BCUT2D eigenvalue weighted by molar-refractivity contribution is 5.97. The van der Waals surface area contributed by atoms with E-state index in [0.717, 1.165) is 5.56 Å². The Balaban J connectivity index is 1.99. The standard InChI is InChI=1S/C15H21N3O3/c1-10-8-18(9-11(2)21-10)14(19)7-12-3-5-13(6-4-12)15(16)17-20/h3-6,10-11,20H,7-9H2,1-2H3,(H2,16,17). The quantitative estimate of drug-likeness (QED) is 0.376. The summed E-state index contributed by atoms with van der Waals surface area (Å²) in [6.45, 7) is 5.21. The molecule has 6 heteroatoms. The van der Waals surface area contributed by atoms with Gasteiger partial charge in [0, 0.05) is 18.7 Å². The first-order valence-electron chi connectivity index (χ1n) is 6.99. The van der Waals surface area contributed by atoms with Gasteiger partial charge in [-0.15, -0.1) is 0 Å². The molecule has 1 heterocycles. The normalized spacial score (nSPS) is 23.1. The van der Waals surface area contributed by atoms with Gasteiger partial charge in [-0.25, -0.2) is 0 Å². The summed E-state index contributed by atoms with van der Waals surface area (Å²) in [4.78, 5) is 14.2. The van der Waals surface area contributed by atoms with Crippen LogP contribution in [0.1, 0.15) is 25.0 Å². The van der Waals surface area contributed by atoms with Crippen molar-refractivity contribution >= 4 is 11.7 Å². The van der Waals surface area contributed by atoms with Crippen molar-refractivity contribution < 1.29 is 14.7 Å². The van der Waals surface area contributed by atoms with Crippen LogP contribution in [0.3, 0.4) is 0 Å². The number of amides is 1. The smallest absolute Gasteiger partial charge is 0.227 e. The molecule has 0 aromatic heterocycles. The fourth-order valence-electron chi connectivity index (χ4n) is 2.52. The predicted octanol–water partition coefficient (Wildman–Crippen LogP) is 0.959. The zero-order chi connectivity index (χ0) is 15.4. The Bertz CT molecular complexity index is 517. The van der Waals surface area contributed by atoms with Crippen molar-refractivity contribution in [3.8, 4) is 0 Å². The summed E-state index contributed by atoms with van der Waals surface area (Å²) in [5.74, 6) is 0.150. The van der Waals surface area contributed by atoms with E-state index in [-0.39, 0.29) is 24.0 Å². The third kappa shape index (κ3) is 3.95. The highest BCUT2D eigenvalue weighted by Gasteiger charge is 2.25. The van der Waals surface area contributed by atoms with Crippen molar-refractivity contribution in [1.29, 1.82) is 0 Å². The first-order chi connectivity index (χ1) is 9.99. The number of rotatable bonds is 3. The van der Waals surface area contributed by atoms with Gasteiger partial charge in [0.05, 0.1) is 18.6 Å². The average molecular weight is 291 g/mol. The van der Waals surface area contributed by atoms with E-state index in [1.165, 1.54) is 0 Å². The first kappa shape index (κ1) is 15.3. The summed E-state index contributed by atoms with van der Waals surface area (Å²) in [5, 5.41) is 11.6. The van der Waals surface area contributed by atoms with Gasteiger partial charge >= 0.3 is 0 Å². The number of benzene rings is 1. The van der Waals surface area contributed by atoms with Gasteiger partial charge in [-0.1, -0.05) is 29.4 Å². The molecule has 1 aliphatic heterocycles. The van der Waals surface area contributed by atoms with Crippen LogP contribution in [0.2, 0.25) is 0 Å². The molecular formula is C15H21N3O3. The van der Waals surface area contributed by atoms with Crippen LogP contribution in [0.15, 0.2) is 29.4 Å². The third-order valence-electron chi connectivity index (χ3n) is 3.49. The summed E-state index contributed by atoms with van der Waals surface area (Å²) < 4.78 is 5.63. The maximum Gasteiger partial charge on any atom is 0.227 e. The summed E-state index contributed by atoms with van der Waals surface area (Å²) in [7, 11) is 0. The highest BCUT2D eigenvalue weighted by atomic mass is 16.5. The summed E-state index contributed by atoms with van der Waals surface area (Å²) in [5.41, 5.74) is 7.04. The summed E-state index contributed by atoms with van der Waals surface area (Å²) >= 11 is 0. The van der Waals surface area contributed by atoms with Crippen LogP contribution < -0.4 is 5.73 Å². The van der Waals surface area contributed by atoms with E-state index in [4.69, 9.17) is 15.7 Å². The van der Waals surface area contributed by atoms with Crippen molar-refractivity contribution in [3.63, 3.8) is 0 Å². The molecule has 1 fully saturated rings. The van der Waals surface area contributed by atoms with E-state index in [1.807, 2.05) is 30.9 Å². The van der Waals surface area contributed by atoms with E-state index in [0.29, 0.717) is 25.1 Å². The van der Waals surface area contributed by atoms with Gasteiger partial charge in [0.1, 0.15) is 0 Å². The van der Waals surface area contributed by atoms with Crippen LogP contribution in [0.4, 0.5) is 0 Å². The van der Waals surface area contributed by atoms with E-state index >= 15 is 0 Å². The van der Waals surface area contributed by atoms with Crippen LogP contribution in [-0.4, -0.2) is 47.1 Å². The molecule has 0 radical (unpaired) electrons. The lowest BCUT2D eigenvalue weighted by atomic mass is 10.1. The molecule has 0 bridgehead atoms. The third-order valence-corrected chi connectivity index (χ3v) is 3.49. The first-order valence-corrected chi connectivity index (χ1v) is 6.99. The van der Waals surface area contributed by atoms with Gasteiger partial charge in [0.15, 0.2) is 5.84 Å². The lowest BCUT2D eigenvalue weighted by Crippen LogP contribution is -2.48. The van der Waals surface area contributed by atoms with Gasteiger partial charge in [-0.2, -0.15) is 0 Å². The molecule has 1 aliphatic rings. The topological polar surface area (TPSA) is 88.2 Å². The number of carbonyl (C=O) groups excluding carboxylic acids is 1. The van der Waals surface area contributed by atoms with Crippen LogP contribution >= 0.6 is 0 Å². The van der Waals surface area contributed by atoms with Gasteiger partial charge in [0.25, 0.3) is 0 Å². The fraction of sp³-hybridized carbons (Fsp3) is 0.467. The SMILES string of the molecule is CC1CN(C(=O)Cc2ccc(C(N)=NO)cc2)CC(C)O1. The number of carbonyl (C=O) groups is 1. The lowest BCUT2D eigenvalue weighted by Gasteiger charge is -2.35. The second kappa shape index (κ2) is 6.58. The Labute approximate surface area is 124 Å². The van der Waals surface area contributed by atoms with Gasteiger partial charge in [-0.05, 0) is 19.4 Å². The second-order valence-electron chi connectivity index (χ2n) is 5.41. The molecule has 1 aromatic rings. The number of hydrogen-bond donors (Lipinski definition) is 2. The maximum absolute atomic E-state index is 12.3. The second-order valence-corrected chi connectivity index (χ2v) is 5.41. The predicted molar refractivity (Wildman–Crippen MR) is 79.2 cm³/mol. The lowest BCUT2D eigenvalue weighted by molar-refractivity contribution is -0.142. The highest BCUT2D eigenvalue weighted by Crippen LogP contribution is 2.13. The Kier molecular flexibility index (Phi) is 4.80. The molecule has 21 heavy (non-hydrogen) atoms. The molecule has 0 aliphatic carbocycles. The summed E-state index contributed by atoms with van der Waals surface area (Å²) in [6.07, 6.45) is 0.483. The number of oxime groups is 1. The summed E-state index contributed by atoms with van der Waals surface area (Å²) in [6, 6.07) is 7.11. The monoisotopic (exact) mass is 291 g/mol. The zero-order valence-electron chi connectivity index (χ0n) is 12.3. The van der Waals surface area contributed by atoms with Crippen molar-refractivity contribution in [2.24, 2.45) is 10.9 Å². The molecule has 6 nitrogen and oxygen atoms in total. The van der Waals surface area contributed by atoms with Crippen molar-refractivity contribution in [1.82, 2.24) is 4.90 Å². The minimum atomic E-state index is 0.0590. The van der Waals surface area contributed by atoms with Gasteiger partial charge in [0.2, 0.25) is 5.91 Å². The van der Waals surface area contributed by atoms with E-state index in [2.05, 4.69) is 5.16 Å².